The van der Waals surface area contributed by atoms with Gasteiger partial charge in [-0.3, -0.25) is 9.59 Å². The highest BCUT2D eigenvalue weighted by Crippen LogP contribution is 2.17. The first kappa shape index (κ1) is 16.5. The number of nitrogen functional groups attached to an aromatic ring is 1. The van der Waals surface area contributed by atoms with E-state index in [4.69, 9.17) is 5.73 Å². The Morgan fingerprint density at radius 1 is 1.04 bits per heavy atom. The zero-order chi connectivity index (χ0) is 17.1. The van der Waals surface area contributed by atoms with Crippen LogP contribution in [-0.2, 0) is 0 Å². The van der Waals surface area contributed by atoms with Crippen LogP contribution in [0.4, 0.5) is 5.69 Å². The Balaban J connectivity index is 1.70. The molecule has 1 aliphatic rings. The summed E-state index contributed by atoms with van der Waals surface area (Å²) in [5.41, 5.74) is 8.70. The van der Waals surface area contributed by atoms with Crippen LogP contribution >= 0.6 is 11.3 Å². The summed E-state index contributed by atoms with van der Waals surface area (Å²) in [5.74, 6) is 0.0373. The summed E-state index contributed by atoms with van der Waals surface area (Å²) in [7, 11) is 0. The molecule has 1 fully saturated rings. The van der Waals surface area contributed by atoms with Gasteiger partial charge in [0.25, 0.3) is 11.8 Å². The number of hydrogen-bond donors (Lipinski definition) is 1. The molecule has 0 unspecified atom stereocenters. The highest BCUT2D eigenvalue weighted by molar-refractivity contribution is 7.08. The molecule has 1 saturated heterocycles. The Kier molecular flexibility index (Phi) is 4.85. The van der Waals surface area contributed by atoms with Gasteiger partial charge in [-0.05, 0) is 42.5 Å². The van der Waals surface area contributed by atoms with E-state index in [0.29, 0.717) is 37.4 Å². The van der Waals surface area contributed by atoms with Crippen molar-refractivity contribution in [2.24, 2.45) is 0 Å². The lowest BCUT2D eigenvalue weighted by Gasteiger charge is -2.22. The third kappa shape index (κ3) is 3.43. The second kappa shape index (κ2) is 7.05. The van der Waals surface area contributed by atoms with Gasteiger partial charge < -0.3 is 15.5 Å². The van der Waals surface area contributed by atoms with Crippen LogP contribution < -0.4 is 5.73 Å². The Labute approximate surface area is 145 Å². The van der Waals surface area contributed by atoms with Gasteiger partial charge in [-0.2, -0.15) is 11.3 Å². The molecular weight excluding hydrogens is 322 g/mol. The molecule has 0 radical (unpaired) electrons. The van der Waals surface area contributed by atoms with Crippen molar-refractivity contribution < 1.29 is 9.59 Å². The van der Waals surface area contributed by atoms with E-state index >= 15 is 0 Å². The number of benzene rings is 1. The Hall–Kier alpha value is -2.34. The highest BCUT2D eigenvalue weighted by Gasteiger charge is 2.24. The Bertz CT molecular complexity index is 743. The molecule has 126 valence electrons. The first-order valence-corrected chi connectivity index (χ1v) is 8.97. The zero-order valence-electron chi connectivity index (χ0n) is 13.7. The van der Waals surface area contributed by atoms with Gasteiger partial charge in [0.05, 0.1) is 5.56 Å². The van der Waals surface area contributed by atoms with E-state index in [-0.39, 0.29) is 11.8 Å². The number of aryl methyl sites for hydroxylation is 1. The van der Waals surface area contributed by atoms with E-state index in [9.17, 15) is 9.59 Å². The lowest BCUT2D eigenvalue weighted by atomic mass is 10.1. The maximum absolute atomic E-state index is 12.8. The van der Waals surface area contributed by atoms with E-state index < -0.39 is 0 Å². The fourth-order valence-corrected chi connectivity index (χ4v) is 3.56. The number of anilines is 1. The van der Waals surface area contributed by atoms with Crippen molar-refractivity contribution in [2.75, 3.05) is 31.9 Å². The molecule has 1 aliphatic heterocycles. The number of nitrogens with two attached hydrogens (primary N) is 1. The van der Waals surface area contributed by atoms with E-state index in [1.165, 1.54) is 11.3 Å². The normalized spacial score (nSPS) is 15.2. The molecule has 0 saturated carbocycles. The molecule has 0 atom stereocenters. The molecule has 1 aromatic carbocycles. The molecule has 3 rings (SSSR count). The number of nitrogens with zero attached hydrogens (tertiary/aromatic N) is 2. The van der Waals surface area contributed by atoms with Crippen molar-refractivity contribution >= 4 is 28.8 Å². The number of carbonyl (C=O) groups is 2. The molecule has 2 amide bonds. The van der Waals surface area contributed by atoms with Gasteiger partial charge in [0.15, 0.2) is 0 Å². The molecule has 5 nitrogen and oxygen atoms in total. The second-order valence-corrected chi connectivity index (χ2v) is 6.80. The number of hydrogen-bond acceptors (Lipinski definition) is 4. The molecule has 2 N–H and O–H groups in total. The van der Waals surface area contributed by atoms with Crippen molar-refractivity contribution in [3.63, 3.8) is 0 Å². The SMILES string of the molecule is Cc1ccc(N)cc1C(=O)N1CCCN(C(=O)c2ccsc2)CC1. The van der Waals surface area contributed by atoms with Gasteiger partial charge in [0.1, 0.15) is 0 Å². The van der Waals surface area contributed by atoms with Gasteiger partial charge in [0, 0.05) is 42.8 Å². The van der Waals surface area contributed by atoms with Crippen LogP contribution in [0.5, 0.6) is 0 Å². The molecule has 0 bridgehead atoms. The predicted molar refractivity (Wildman–Crippen MR) is 96.3 cm³/mol. The van der Waals surface area contributed by atoms with Crippen LogP contribution in [0.25, 0.3) is 0 Å². The van der Waals surface area contributed by atoms with Crippen molar-refractivity contribution in [3.8, 4) is 0 Å². The quantitative estimate of drug-likeness (QED) is 0.853. The van der Waals surface area contributed by atoms with Gasteiger partial charge in [-0.25, -0.2) is 0 Å². The lowest BCUT2D eigenvalue weighted by Crippen LogP contribution is -2.37. The van der Waals surface area contributed by atoms with Gasteiger partial charge in [-0.1, -0.05) is 6.07 Å². The summed E-state index contributed by atoms with van der Waals surface area (Å²) >= 11 is 1.52. The number of amides is 2. The average Bonchev–Trinajstić information content (AvgIpc) is 3.00. The van der Waals surface area contributed by atoms with Crippen molar-refractivity contribution in [1.29, 1.82) is 0 Å². The van der Waals surface area contributed by atoms with Crippen molar-refractivity contribution in [2.45, 2.75) is 13.3 Å². The largest absolute Gasteiger partial charge is 0.399 e. The zero-order valence-corrected chi connectivity index (χ0v) is 14.5. The van der Waals surface area contributed by atoms with Crippen LogP contribution in [0, 0.1) is 6.92 Å². The topological polar surface area (TPSA) is 66.6 Å². The van der Waals surface area contributed by atoms with Crippen LogP contribution in [-0.4, -0.2) is 47.8 Å². The van der Waals surface area contributed by atoms with Gasteiger partial charge in [-0.15, -0.1) is 0 Å². The summed E-state index contributed by atoms with van der Waals surface area (Å²) in [5, 5.41) is 3.77. The minimum absolute atomic E-state index is 0.00960. The fourth-order valence-electron chi connectivity index (χ4n) is 2.93. The maximum Gasteiger partial charge on any atom is 0.254 e. The summed E-state index contributed by atoms with van der Waals surface area (Å²) < 4.78 is 0. The molecule has 2 heterocycles. The summed E-state index contributed by atoms with van der Waals surface area (Å²) in [6.45, 7) is 4.34. The predicted octanol–water partition coefficient (Wildman–Crippen LogP) is 2.63. The first-order valence-electron chi connectivity index (χ1n) is 8.03. The molecule has 1 aromatic heterocycles. The summed E-state index contributed by atoms with van der Waals surface area (Å²) in [4.78, 5) is 28.9. The maximum atomic E-state index is 12.8. The van der Waals surface area contributed by atoms with Gasteiger partial charge >= 0.3 is 0 Å². The van der Waals surface area contributed by atoms with Gasteiger partial charge in [0.2, 0.25) is 0 Å². The Morgan fingerprint density at radius 2 is 1.75 bits per heavy atom. The van der Waals surface area contributed by atoms with Crippen LogP contribution in [0.15, 0.2) is 35.0 Å². The van der Waals surface area contributed by atoms with Crippen LogP contribution in [0.1, 0.15) is 32.7 Å². The molecule has 0 spiro atoms. The monoisotopic (exact) mass is 343 g/mol. The van der Waals surface area contributed by atoms with E-state index in [0.717, 1.165) is 17.5 Å². The summed E-state index contributed by atoms with van der Waals surface area (Å²) in [6, 6.07) is 7.25. The smallest absolute Gasteiger partial charge is 0.254 e. The standard InChI is InChI=1S/C18H21N3O2S/c1-13-3-4-15(19)11-16(13)18(23)21-7-2-6-20(8-9-21)17(22)14-5-10-24-12-14/h3-5,10-12H,2,6-9,19H2,1H3. The van der Waals surface area contributed by atoms with E-state index in [1.807, 2.05) is 39.6 Å². The molecule has 0 aliphatic carbocycles. The number of thiophene rings is 1. The first-order chi connectivity index (χ1) is 11.6. The second-order valence-electron chi connectivity index (χ2n) is 6.02. The van der Waals surface area contributed by atoms with Crippen LogP contribution in [0.3, 0.4) is 0 Å². The van der Waals surface area contributed by atoms with Crippen LogP contribution in [0.2, 0.25) is 0 Å². The minimum atomic E-state index is -0.00960. The third-order valence-electron chi connectivity index (χ3n) is 4.33. The highest BCUT2D eigenvalue weighted by atomic mass is 32.1. The van der Waals surface area contributed by atoms with E-state index in [1.54, 1.807) is 12.1 Å². The third-order valence-corrected chi connectivity index (χ3v) is 5.01. The number of rotatable bonds is 2. The minimum Gasteiger partial charge on any atom is -0.399 e. The van der Waals surface area contributed by atoms with Crippen molar-refractivity contribution in [1.82, 2.24) is 9.80 Å². The lowest BCUT2D eigenvalue weighted by molar-refractivity contribution is 0.0718. The fraction of sp³-hybridized carbons (Fsp3) is 0.333. The van der Waals surface area contributed by atoms with Crippen molar-refractivity contribution in [3.05, 3.63) is 51.7 Å². The molecular formula is C18H21N3O2S. The van der Waals surface area contributed by atoms with E-state index in [2.05, 4.69) is 0 Å². The summed E-state index contributed by atoms with van der Waals surface area (Å²) in [6.07, 6.45) is 0.781. The Morgan fingerprint density at radius 3 is 2.42 bits per heavy atom. The molecule has 2 aromatic rings. The molecule has 24 heavy (non-hydrogen) atoms. The number of carbonyl (C=O) groups excluding carboxylic acids is 2. The molecule has 6 heteroatoms. The average molecular weight is 343 g/mol.